The molecule has 1 aromatic rings. The molecule has 2 fully saturated rings. The highest BCUT2D eigenvalue weighted by Crippen LogP contribution is 2.30. The van der Waals surface area contributed by atoms with Gasteiger partial charge in [0.2, 0.25) is 5.91 Å². The molecule has 0 saturated carbocycles. The highest BCUT2D eigenvalue weighted by molar-refractivity contribution is 7.80. The number of hydrogen-bond donors (Lipinski definition) is 1. The van der Waals surface area contributed by atoms with E-state index in [0.29, 0.717) is 12.0 Å². The molecule has 2 aliphatic heterocycles. The van der Waals surface area contributed by atoms with Gasteiger partial charge in [0.1, 0.15) is 0 Å². The number of carbonyl (C=O) groups excluding carboxylic acids is 1. The van der Waals surface area contributed by atoms with E-state index in [-0.39, 0.29) is 5.91 Å². The van der Waals surface area contributed by atoms with Crippen molar-refractivity contribution in [3.05, 3.63) is 29.3 Å². The van der Waals surface area contributed by atoms with Gasteiger partial charge in [-0.15, -0.1) is 0 Å². The van der Waals surface area contributed by atoms with Crippen LogP contribution < -0.4 is 5.32 Å². The molecule has 0 radical (unpaired) electrons. The summed E-state index contributed by atoms with van der Waals surface area (Å²) in [5.41, 5.74) is 0.958. The highest BCUT2D eigenvalue weighted by Gasteiger charge is 2.34. The third-order valence-corrected chi connectivity index (χ3v) is 5.95. The molecular weight excluding hydrogens is 354 g/mol. The zero-order valence-electron chi connectivity index (χ0n) is 14.7. The lowest BCUT2D eigenvalue weighted by Gasteiger charge is -2.44. The van der Waals surface area contributed by atoms with Crippen LogP contribution >= 0.6 is 23.8 Å². The quantitative estimate of drug-likeness (QED) is 0.783. The summed E-state index contributed by atoms with van der Waals surface area (Å²) in [6, 6.07) is 7.97. The lowest BCUT2D eigenvalue weighted by Crippen LogP contribution is -2.52. The number of piperidine rings is 2. The summed E-state index contributed by atoms with van der Waals surface area (Å²) >= 11 is 11.6. The van der Waals surface area contributed by atoms with Gasteiger partial charge >= 0.3 is 0 Å². The summed E-state index contributed by atoms with van der Waals surface area (Å²) in [5.74, 6) is 0.714. The molecule has 2 atom stereocenters. The molecule has 136 valence electrons. The summed E-state index contributed by atoms with van der Waals surface area (Å²) in [6.07, 6.45) is 5.76. The first kappa shape index (κ1) is 18.5. The number of nitrogens with one attached hydrogen (secondary N) is 1. The van der Waals surface area contributed by atoms with Crippen molar-refractivity contribution in [1.29, 1.82) is 0 Å². The van der Waals surface area contributed by atoms with Crippen LogP contribution in [-0.4, -0.2) is 46.5 Å². The van der Waals surface area contributed by atoms with Crippen LogP contribution in [0.2, 0.25) is 5.02 Å². The lowest BCUT2D eigenvalue weighted by molar-refractivity contribution is -0.134. The predicted octanol–water partition coefficient (Wildman–Crippen LogP) is 4.15. The van der Waals surface area contributed by atoms with Crippen molar-refractivity contribution in [3.63, 3.8) is 0 Å². The van der Waals surface area contributed by atoms with Crippen LogP contribution in [0.1, 0.15) is 39.0 Å². The molecule has 1 aromatic carbocycles. The summed E-state index contributed by atoms with van der Waals surface area (Å²) in [5, 5.41) is 4.79. The van der Waals surface area contributed by atoms with Crippen molar-refractivity contribution in [3.8, 4) is 0 Å². The molecule has 1 amide bonds. The van der Waals surface area contributed by atoms with E-state index in [1.165, 1.54) is 12.8 Å². The van der Waals surface area contributed by atoms with Crippen LogP contribution in [0.4, 0.5) is 5.69 Å². The first-order valence-electron chi connectivity index (χ1n) is 9.13. The van der Waals surface area contributed by atoms with E-state index in [1.54, 1.807) is 6.92 Å². The maximum atomic E-state index is 12.0. The molecule has 0 aliphatic carbocycles. The molecule has 6 heteroatoms. The van der Waals surface area contributed by atoms with Crippen molar-refractivity contribution in [2.75, 3.05) is 25.0 Å². The van der Waals surface area contributed by atoms with E-state index < -0.39 is 0 Å². The Kier molecular flexibility index (Phi) is 6.18. The minimum atomic E-state index is 0.212. The van der Waals surface area contributed by atoms with Crippen molar-refractivity contribution in [2.24, 2.45) is 5.92 Å². The van der Waals surface area contributed by atoms with Crippen molar-refractivity contribution < 1.29 is 4.79 Å². The number of thiocarbonyl (C=S) groups is 1. The Bertz CT molecular complexity index is 622. The Balaban J connectivity index is 1.62. The van der Waals surface area contributed by atoms with Crippen LogP contribution in [0.3, 0.4) is 0 Å². The Morgan fingerprint density at radius 2 is 1.92 bits per heavy atom. The molecule has 0 bridgehead atoms. The van der Waals surface area contributed by atoms with Gasteiger partial charge in [0.25, 0.3) is 0 Å². The Labute approximate surface area is 160 Å². The average Bonchev–Trinajstić information content (AvgIpc) is 2.63. The van der Waals surface area contributed by atoms with Crippen molar-refractivity contribution in [2.45, 2.75) is 45.1 Å². The van der Waals surface area contributed by atoms with Crippen molar-refractivity contribution in [1.82, 2.24) is 9.80 Å². The van der Waals surface area contributed by atoms with Gasteiger partial charge in [-0.2, -0.15) is 0 Å². The number of amides is 1. The van der Waals surface area contributed by atoms with Gasteiger partial charge in [0.05, 0.1) is 0 Å². The molecule has 0 spiro atoms. The van der Waals surface area contributed by atoms with E-state index in [2.05, 4.69) is 15.1 Å². The maximum Gasteiger partial charge on any atom is 0.219 e. The Morgan fingerprint density at radius 3 is 2.64 bits per heavy atom. The zero-order valence-corrected chi connectivity index (χ0v) is 16.3. The maximum absolute atomic E-state index is 12.0. The number of nitrogens with zero attached hydrogens (tertiary/aromatic N) is 2. The molecule has 2 aliphatic rings. The van der Waals surface area contributed by atoms with E-state index in [4.69, 9.17) is 23.8 Å². The summed E-state index contributed by atoms with van der Waals surface area (Å²) in [4.78, 5) is 16.3. The normalized spacial score (nSPS) is 24.1. The van der Waals surface area contributed by atoms with Crippen LogP contribution in [-0.2, 0) is 4.79 Å². The monoisotopic (exact) mass is 379 g/mol. The van der Waals surface area contributed by atoms with Gasteiger partial charge in [0.15, 0.2) is 5.11 Å². The molecule has 0 unspecified atom stereocenters. The fraction of sp³-hybridized carbons (Fsp3) is 0.579. The first-order chi connectivity index (χ1) is 12.0. The van der Waals surface area contributed by atoms with E-state index in [0.717, 1.165) is 54.7 Å². The molecule has 1 N–H and O–H groups in total. The Hall–Kier alpha value is -1.33. The van der Waals surface area contributed by atoms with E-state index in [9.17, 15) is 4.79 Å². The minimum absolute atomic E-state index is 0.212. The lowest BCUT2D eigenvalue weighted by atomic mass is 9.84. The third-order valence-electron chi connectivity index (χ3n) is 5.34. The van der Waals surface area contributed by atoms with Crippen LogP contribution in [0.15, 0.2) is 24.3 Å². The first-order valence-corrected chi connectivity index (χ1v) is 9.92. The van der Waals surface area contributed by atoms with E-state index in [1.807, 2.05) is 24.3 Å². The number of anilines is 1. The molecular formula is C19H26ClN3OS. The van der Waals surface area contributed by atoms with Crippen LogP contribution in [0, 0.1) is 5.92 Å². The SMILES string of the molecule is CC(=O)N1CCCC[C@H]1[C@H]1CCCN(C(=S)Nc2ccc(Cl)cc2)C1. The zero-order chi connectivity index (χ0) is 17.8. The summed E-state index contributed by atoms with van der Waals surface area (Å²) < 4.78 is 0. The van der Waals surface area contributed by atoms with Crippen LogP contribution in [0.25, 0.3) is 0 Å². The summed E-state index contributed by atoms with van der Waals surface area (Å²) in [6.45, 7) is 4.51. The number of halogens is 1. The van der Waals surface area contributed by atoms with Gasteiger partial charge in [-0.05, 0) is 74.5 Å². The molecule has 4 nitrogen and oxygen atoms in total. The topological polar surface area (TPSA) is 35.6 Å². The second-order valence-corrected chi connectivity index (χ2v) is 7.88. The number of carbonyl (C=O) groups is 1. The standard InChI is InChI=1S/C19H26ClN3OS/c1-14(24)23-12-3-2-6-18(23)15-5-4-11-22(13-15)19(25)21-17-9-7-16(20)8-10-17/h7-10,15,18H,2-6,11-13H2,1H3,(H,21,25)/t15-,18-/m0/s1. The highest BCUT2D eigenvalue weighted by atomic mass is 35.5. The van der Waals surface area contributed by atoms with Gasteiger partial charge < -0.3 is 15.1 Å². The largest absolute Gasteiger partial charge is 0.349 e. The fourth-order valence-corrected chi connectivity index (χ4v) is 4.49. The fourth-order valence-electron chi connectivity index (χ4n) is 4.08. The second-order valence-electron chi connectivity index (χ2n) is 7.06. The molecule has 3 rings (SSSR count). The molecule has 25 heavy (non-hydrogen) atoms. The predicted molar refractivity (Wildman–Crippen MR) is 107 cm³/mol. The summed E-state index contributed by atoms with van der Waals surface area (Å²) in [7, 11) is 0. The third kappa shape index (κ3) is 4.64. The second kappa shape index (κ2) is 8.37. The van der Waals surface area contributed by atoms with Crippen LogP contribution in [0.5, 0.6) is 0 Å². The average molecular weight is 380 g/mol. The number of hydrogen-bond acceptors (Lipinski definition) is 2. The Morgan fingerprint density at radius 1 is 1.16 bits per heavy atom. The number of likely N-dealkylation sites (tertiary alicyclic amines) is 2. The molecule has 2 saturated heterocycles. The van der Waals surface area contributed by atoms with Gasteiger partial charge in [-0.1, -0.05) is 11.6 Å². The van der Waals surface area contributed by atoms with Gasteiger partial charge in [-0.25, -0.2) is 0 Å². The van der Waals surface area contributed by atoms with Gasteiger partial charge in [0, 0.05) is 43.3 Å². The minimum Gasteiger partial charge on any atom is -0.349 e. The molecule has 2 heterocycles. The van der Waals surface area contributed by atoms with Gasteiger partial charge in [-0.3, -0.25) is 4.79 Å². The smallest absolute Gasteiger partial charge is 0.219 e. The van der Waals surface area contributed by atoms with Crippen molar-refractivity contribution >= 4 is 40.5 Å². The number of rotatable bonds is 2. The molecule has 0 aromatic heterocycles. The number of benzene rings is 1. The van der Waals surface area contributed by atoms with E-state index >= 15 is 0 Å².